The average molecular weight is 233 g/mol. The van der Waals surface area contributed by atoms with E-state index in [-0.39, 0.29) is 5.56 Å². The quantitative estimate of drug-likeness (QED) is 0.820. The topological polar surface area (TPSA) is 46.2 Å². The molecule has 1 rings (SSSR count). The van der Waals surface area contributed by atoms with Gasteiger partial charge in [-0.15, -0.1) is 0 Å². The van der Waals surface area contributed by atoms with Crippen LogP contribution in [0, 0.1) is 13.8 Å². The van der Waals surface area contributed by atoms with Crippen LogP contribution in [0.25, 0.3) is 0 Å². The lowest BCUT2D eigenvalue weighted by molar-refractivity contribution is -0.262. The SMILES string of the molecule is Cc1ccc(C(O)(CN)C(F)(F)F)c(C)c1. The first-order chi connectivity index (χ1) is 7.22. The molecule has 1 unspecified atom stereocenters. The second kappa shape index (κ2) is 4.07. The maximum Gasteiger partial charge on any atom is 0.422 e. The molecule has 1 atom stereocenters. The number of alkyl halides is 3. The fourth-order valence-corrected chi connectivity index (χ4v) is 1.66. The molecule has 1 aromatic rings. The predicted molar refractivity (Wildman–Crippen MR) is 54.9 cm³/mol. The predicted octanol–water partition coefficient (Wildman–Crippen LogP) is 2.01. The Morgan fingerprint density at radius 3 is 2.19 bits per heavy atom. The van der Waals surface area contributed by atoms with Crippen molar-refractivity contribution in [3.63, 3.8) is 0 Å². The Balaban J connectivity index is 3.34. The molecule has 0 aliphatic heterocycles. The summed E-state index contributed by atoms with van der Waals surface area (Å²) in [7, 11) is 0. The summed E-state index contributed by atoms with van der Waals surface area (Å²) in [5.41, 5.74) is 3.12. The molecule has 0 amide bonds. The van der Waals surface area contributed by atoms with Gasteiger partial charge in [0.15, 0.2) is 5.60 Å². The van der Waals surface area contributed by atoms with Crippen molar-refractivity contribution in [2.75, 3.05) is 6.54 Å². The lowest BCUT2D eigenvalue weighted by Crippen LogP contribution is -2.48. The number of halogens is 3. The van der Waals surface area contributed by atoms with Gasteiger partial charge in [0.2, 0.25) is 0 Å². The Morgan fingerprint density at radius 1 is 1.25 bits per heavy atom. The van der Waals surface area contributed by atoms with Crippen LogP contribution in [-0.2, 0) is 5.60 Å². The molecule has 2 nitrogen and oxygen atoms in total. The largest absolute Gasteiger partial charge is 0.422 e. The van der Waals surface area contributed by atoms with Crippen LogP contribution < -0.4 is 5.73 Å². The first kappa shape index (κ1) is 13.0. The lowest BCUT2D eigenvalue weighted by Gasteiger charge is -2.31. The van der Waals surface area contributed by atoms with Crippen molar-refractivity contribution in [1.82, 2.24) is 0 Å². The van der Waals surface area contributed by atoms with Gasteiger partial charge in [0.1, 0.15) is 0 Å². The van der Waals surface area contributed by atoms with Crippen LogP contribution >= 0.6 is 0 Å². The Morgan fingerprint density at radius 2 is 1.81 bits per heavy atom. The second-order valence-electron chi connectivity index (χ2n) is 3.88. The van der Waals surface area contributed by atoms with Gasteiger partial charge < -0.3 is 10.8 Å². The van der Waals surface area contributed by atoms with E-state index in [0.29, 0.717) is 5.56 Å². The Labute approximate surface area is 91.9 Å². The lowest BCUT2D eigenvalue weighted by atomic mass is 9.89. The first-order valence-electron chi connectivity index (χ1n) is 4.79. The Kier molecular flexibility index (Phi) is 3.30. The summed E-state index contributed by atoms with van der Waals surface area (Å²) in [4.78, 5) is 0. The smallest absolute Gasteiger partial charge is 0.375 e. The van der Waals surface area contributed by atoms with Gasteiger partial charge in [-0.05, 0) is 25.0 Å². The highest BCUT2D eigenvalue weighted by molar-refractivity contribution is 5.36. The fourth-order valence-electron chi connectivity index (χ4n) is 1.66. The molecule has 3 N–H and O–H groups in total. The van der Waals surface area contributed by atoms with Gasteiger partial charge in [-0.25, -0.2) is 0 Å². The second-order valence-corrected chi connectivity index (χ2v) is 3.88. The van der Waals surface area contributed by atoms with Gasteiger partial charge in [-0.3, -0.25) is 0 Å². The molecule has 0 aliphatic rings. The van der Waals surface area contributed by atoms with E-state index >= 15 is 0 Å². The molecule has 1 aromatic carbocycles. The van der Waals surface area contributed by atoms with Crippen LogP contribution in [0.5, 0.6) is 0 Å². The zero-order chi connectivity index (χ0) is 12.6. The number of hydrogen-bond donors (Lipinski definition) is 2. The van der Waals surface area contributed by atoms with Crippen LogP contribution in [-0.4, -0.2) is 17.8 Å². The molecule has 0 radical (unpaired) electrons. The van der Waals surface area contributed by atoms with E-state index in [1.807, 2.05) is 0 Å². The molecule has 0 aromatic heterocycles. The van der Waals surface area contributed by atoms with Crippen molar-refractivity contribution in [2.45, 2.75) is 25.6 Å². The van der Waals surface area contributed by atoms with Crippen molar-refractivity contribution < 1.29 is 18.3 Å². The number of rotatable bonds is 2. The van der Waals surface area contributed by atoms with Crippen LogP contribution in [0.4, 0.5) is 13.2 Å². The number of aryl methyl sites for hydroxylation is 2. The monoisotopic (exact) mass is 233 g/mol. The van der Waals surface area contributed by atoms with E-state index in [4.69, 9.17) is 5.73 Å². The fraction of sp³-hybridized carbons (Fsp3) is 0.455. The highest BCUT2D eigenvalue weighted by Crippen LogP contribution is 2.39. The van der Waals surface area contributed by atoms with Crippen LogP contribution in [0.1, 0.15) is 16.7 Å². The molecular weight excluding hydrogens is 219 g/mol. The molecular formula is C11H14F3NO. The van der Waals surface area contributed by atoms with Crippen molar-refractivity contribution in [3.8, 4) is 0 Å². The minimum absolute atomic E-state index is 0.187. The molecule has 16 heavy (non-hydrogen) atoms. The zero-order valence-electron chi connectivity index (χ0n) is 9.10. The molecule has 0 aliphatic carbocycles. The summed E-state index contributed by atoms with van der Waals surface area (Å²) in [5, 5.41) is 9.65. The van der Waals surface area contributed by atoms with Crippen molar-refractivity contribution in [3.05, 3.63) is 34.9 Å². The maximum absolute atomic E-state index is 12.7. The molecule has 0 saturated heterocycles. The maximum atomic E-state index is 12.7. The van der Waals surface area contributed by atoms with E-state index in [1.165, 1.54) is 19.1 Å². The highest BCUT2D eigenvalue weighted by atomic mass is 19.4. The molecule has 0 fully saturated rings. The van der Waals surface area contributed by atoms with Gasteiger partial charge in [-0.2, -0.15) is 13.2 Å². The van der Waals surface area contributed by atoms with E-state index in [0.717, 1.165) is 5.56 Å². The summed E-state index contributed by atoms with van der Waals surface area (Å²) in [6, 6.07) is 4.38. The highest BCUT2D eigenvalue weighted by Gasteiger charge is 2.54. The van der Waals surface area contributed by atoms with E-state index < -0.39 is 18.3 Å². The average Bonchev–Trinajstić information content (AvgIpc) is 2.15. The zero-order valence-corrected chi connectivity index (χ0v) is 9.10. The Bertz CT molecular complexity index is 389. The van der Waals surface area contributed by atoms with Gasteiger partial charge in [0.05, 0.1) is 0 Å². The third kappa shape index (κ3) is 2.05. The molecule has 0 saturated carbocycles. The van der Waals surface area contributed by atoms with E-state index in [2.05, 4.69) is 0 Å². The van der Waals surface area contributed by atoms with Gasteiger partial charge in [-0.1, -0.05) is 23.8 Å². The van der Waals surface area contributed by atoms with Crippen molar-refractivity contribution >= 4 is 0 Å². The van der Waals surface area contributed by atoms with Crippen molar-refractivity contribution in [2.24, 2.45) is 5.73 Å². The van der Waals surface area contributed by atoms with Gasteiger partial charge in [0.25, 0.3) is 0 Å². The standard InChI is InChI=1S/C11H14F3NO/c1-7-3-4-9(8(2)5-7)10(16,6-15)11(12,13)14/h3-5,16H,6,15H2,1-2H3. The van der Waals surface area contributed by atoms with E-state index in [1.54, 1.807) is 13.0 Å². The molecule has 90 valence electrons. The van der Waals surface area contributed by atoms with E-state index in [9.17, 15) is 18.3 Å². The summed E-state index contributed by atoms with van der Waals surface area (Å²) in [5.74, 6) is 0. The van der Waals surface area contributed by atoms with Crippen LogP contribution in [0.2, 0.25) is 0 Å². The minimum atomic E-state index is -4.78. The number of aliphatic hydroxyl groups is 1. The third-order valence-corrected chi connectivity index (χ3v) is 2.59. The van der Waals surface area contributed by atoms with Crippen LogP contribution in [0.15, 0.2) is 18.2 Å². The van der Waals surface area contributed by atoms with Crippen molar-refractivity contribution in [1.29, 1.82) is 0 Å². The van der Waals surface area contributed by atoms with Gasteiger partial charge >= 0.3 is 6.18 Å². The number of hydrogen-bond acceptors (Lipinski definition) is 2. The summed E-state index contributed by atoms with van der Waals surface area (Å²) < 4.78 is 38.2. The third-order valence-electron chi connectivity index (χ3n) is 2.59. The number of benzene rings is 1. The molecule has 0 heterocycles. The molecule has 0 bridgehead atoms. The Hall–Kier alpha value is -1.07. The summed E-state index contributed by atoms with van der Waals surface area (Å²) >= 11 is 0. The van der Waals surface area contributed by atoms with Gasteiger partial charge in [0, 0.05) is 6.54 Å². The minimum Gasteiger partial charge on any atom is -0.375 e. The first-order valence-corrected chi connectivity index (χ1v) is 4.79. The summed E-state index contributed by atoms with van der Waals surface area (Å²) in [6.07, 6.45) is -4.78. The summed E-state index contributed by atoms with van der Waals surface area (Å²) in [6.45, 7) is 2.40. The van der Waals surface area contributed by atoms with Crippen LogP contribution in [0.3, 0.4) is 0 Å². The number of nitrogens with two attached hydrogens (primary N) is 1. The molecule has 0 spiro atoms. The normalized spacial score (nSPS) is 15.9. The molecule has 5 heteroatoms.